The van der Waals surface area contributed by atoms with Crippen molar-refractivity contribution in [1.29, 1.82) is 0 Å². The van der Waals surface area contributed by atoms with E-state index in [0.717, 1.165) is 16.8 Å². The lowest BCUT2D eigenvalue weighted by Gasteiger charge is -2.16. The first kappa shape index (κ1) is 15.8. The van der Waals surface area contributed by atoms with Crippen molar-refractivity contribution in [3.8, 4) is 11.4 Å². The number of aromatic nitrogens is 5. The first-order valence-corrected chi connectivity index (χ1v) is 7.64. The van der Waals surface area contributed by atoms with Crippen LogP contribution in [0.25, 0.3) is 11.4 Å². The Kier molecular flexibility index (Phi) is 4.60. The number of rotatable bonds is 5. The van der Waals surface area contributed by atoms with Gasteiger partial charge in [0.15, 0.2) is 5.82 Å². The number of nitrogens with zero attached hydrogens (tertiary/aromatic N) is 5. The highest BCUT2D eigenvalue weighted by molar-refractivity contribution is 5.76. The standard InChI is InChI=1S/C17H18N6O/c1-12(21-16(24)11-23-9-3-6-20-23)15-10-19-17(22-13(15)2)14-4-7-18-8-5-14/h3-10,12H,11H2,1-2H3,(H,21,24). The Labute approximate surface area is 139 Å². The maximum absolute atomic E-state index is 12.1. The zero-order chi connectivity index (χ0) is 16.9. The fourth-order valence-electron chi connectivity index (χ4n) is 2.45. The Balaban J connectivity index is 1.71. The fourth-order valence-corrected chi connectivity index (χ4v) is 2.45. The van der Waals surface area contributed by atoms with E-state index in [1.165, 1.54) is 0 Å². The van der Waals surface area contributed by atoms with Gasteiger partial charge in [0.1, 0.15) is 6.54 Å². The molecule has 3 aromatic heterocycles. The molecule has 0 aliphatic heterocycles. The second kappa shape index (κ2) is 6.99. The van der Waals surface area contributed by atoms with Crippen LogP contribution in [-0.2, 0) is 11.3 Å². The van der Waals surface area contributed by atoms with Crippen LogP contribution in [-0.4, -0.2) is 30.6 Å². The lowest BCUT2D eigenvalue weighted by atomic mass is 10.1. The summed E-state index contributed by atoms with van der Waals surface area (Å²) < 4.78 is 1.58. The van der Waals surface area contributed by atoms with Crippen LogP contribution in [0.15, 0.2) is 49.2 Å². The van der Waals surface area contributed by atoms with Crippen molar-refractivity contribution >= 4 is 5.91 Å². The number of carbonyl (C=O) groups is 1. The molecule has 1 unspecified atom stereocenters. The third-order valence-corrected chi connectivity index (χ3v) is 3.66. The summed E-state index contributed by atoms with van der Waals surface area (Å²) in [5.41, 5.74) is 2.64. The molecule has 3 rings (SSSR count). The Morgan fingerprint density at radius 2 is 2.08 bits per heavy atom. The molecule has 0 saturated heterocycles. The number of carbonyl (C=O) groups excluding carboxylic acids is 1. The third kappa shape index (κ3) is 3.62. The van der Waals surface area contributed by atoms with Gasteiger partial charge < -0.3 is 5.32 Å². The third-order valence-electron chi connectivity index (χ3n) is 3.66. The Bertz CT molecular complexity index is 816. The fraction of sp³-hybridized carbons (Fsp3) is 0.235. The van der Waals surface area contributed by atoms with Gasteiger partial charge in [0.2, 0.25) is 5.91 Å². The van der Waals surface area contributed by atoms with Gasteiger partial charge in [-0.3, -0.25) is 14.5 Å². The number of aryl methyl sites for hydroxylation is 1. The highest BCUT2D eigenvalue weighted by Gasteiger charge is 2.14. The molecule has 0 bridgehead atoms. The predicted molar refractivity (Wildman–Crippen MR) is 88.8 cm³/mol. The van der Waals surface area contributed by atoms with Gasteiger partial charge in [-0.1, -0.05) is 0 Å². The topological polar surface area (TPSA) is 85.6 Å². The van der Waals surface area contributed by atoms with Gasteiger partial charge in [-0.2, -0.15) is 5.10 Å². The van der Waals surface area contributed by atoms with E-state index < -0.39 is 0 Å². The summed E-state index contributed by atoms with van der Waals surface area (Å²) in [6.45, 7) is 4.02. The maximum Gasteiger partial charge on any atom is 0.242 e. The van der Waals surface area contributed by atoms with E-state index in [4.69, 9.17) is 0 Å². The number of nitrogens with one attached hydrogen (secondary N) is 1. The minimum Gasteiger partial charge on any atom is -0.348 e. The van der Waals surface area contributed by atoms with Crippen LogP contribution in [0.4, 0.5) is 0 Å². The average Bonchev–Trinajstić information content (AvgIpc) is 3.08. The molecule has 122 valence electrons. The van der Waals surface area contributed by atoms with E-state index in [9.17, 15) is 4.79 Å². The minimum absolute atomic E-state index is 0.108. The lowest BCUT2D eigenvalue weighted by molar-refractivity contribution is -0.122. The first-order chi connectivity index (χ1) is 11.6. The molecular weight excluding hydrogens is 304 g/mol. The Hall–Kier alpha value is -3.09. The quantitative estimate of drug-likeness (QED) is 0.775. The van der Waals surface area contributed by atoms with Gasteiger partial charge in [-0.15, -0.1) is 0 Å². The lowest BCUT2D eigenvalue weighted by Crippen LogP contribution is -2.30. The molecule has 3 aromatic rings. The predicted octanol–water partition coefficient (Wildman–Crippen LogP) is 1.92. The van der Waals surface area contributed by atoms with Crippen molar-refractivity contribution in [2.75, 3.05) is 0 Å². The summed E-state index contributed by atoms with van der Waals surface area (Å²) in [6, 6.07) is 5.33. The van der Waals surface area contributed by atoms with Gasteiger partial charge in [-0.25, -0.2) is 9.97 Å². The molecule has 1 amide bonds. The zero-order valence-corrected chi connectivity index (χ0v) is 13.5. The number of pyridine rings is 1. The zero-order valence-electron chi connectivity index (χ0n) is 13.5. The van der Waals surface area contributed by atoms with Gasteiger partial charge in [0, 0.05) is 47.8 Å². The highest BCUT2D eigenvalue weighted by Crippen LogP contribution is 2.19. The second-order valence-corrected chi connectivity index (χ2v) is 5.46. The number of hydrogen-bond acceptors (Lipinski definition) is 5. The van der Waals surface area contributed by atoms with Crippen LogP contribution in [0, 0.1) is 6.92 Å². The van der Waals surface area contributed by atoms with Crippen molar-refractivity contribution in [3.05, 3.63) is 60.4 Å². The van der Waals surface area contributed by atoms with Crippen molar-refractivity contribution in [1.82, 2.24) is 30.0 Å². The molecular formula is C17H18N6O. The normalized spacial score (nSPS) is 11.9. The Morgan fingerprint density at radius 3 is 2.75 bits per heavy atom. The summed E-state index contributed by atoms with van der Waals surface area (Å²) >= 11 is 0. The molecule has 7 heteroatoms. The van der Waals surface area contributed by atoms with E-state index in [0.29, 0.717) is 5.82 Å². The first-order valence-electron chi connectivity index (χ1n) is 7.64. The number of amides is 1. The van der Waals surface area contributed by atoms with Crippen LogP contribution in [0.2, 0.25) is 0 Å². The van der Waals surface area contributed by atoms with Crippen molar-refractivity contribution < 1.29 is 4.79 Å². The summed E-state index contributed by atoms with van der Waals surface area (Å²) in [4.78, 5) is 25.0. The molecule has 3 heterocycles. The molecule has 1 atom stereocenters. The summed E-state index contributed by atoms with van der Waals surface area (Å²) in [7, 11) is 0. The largest absolute Gasteiger partial charge is 0.348 e. The van der Waals surface area contributed by atoms with E-state index in [1.54, 1.807) is 41.7 Å². The molecule has 0 aromatic carbocycles. The second-order valence-electron chi connectivity index (χ2n) is 5.46. The summed E-state index contributed by atoms with van der Waals surface area (Å²) in [5.74, 6) is 0.539. The van der Waals surface area contributed by atoms with Crippen molar-refractivity contribution in [3.63, 3.8) is 0 Å². The van der Waals surface area contributed by atoms with E-state index in [1.807, 2.05) is 26.0 Å². The maximum atomic E-state index is 12.1. The molecule has 0 aliphatic carbocycles. The molecule has 0 saturated carbocycles. The molecule has 0 spiro atoms. The molecule has 0 fully saturated rings. The molecule has 1 N–H and O–H groups in total. The van der Waals surface area contributed by atoms with Gasteiger partial charge >= 0.3 is 0 Å². The van der Waals surface area contributed by atoms with Crippen LogP contribution >= 0.6 is 0 Å². The SMILES string of the molecule is Cc1nc(-c2ccncc2)ncc1C(C)NC(=O)Cn1cccn1. The summed E-state index contributed by atoms with van der Waals surface area (Å²) in [6.07, 6.45) is 8.58. The van der Waals surface area contributed by atoms with Crippen molar-refractivity contribution in [2.24, 2.45) is 0 Å². The molecule has 0 radical (unpaired) electrons. The minimum atomic E-state index is -0.181. The summed E-state index contributed by atoms with van der Waals surface area (Å²) in [5, 5.41) is 6.97. The Morgan fingerprint density at radius 1 is 1.29 bits per heavy atom. The van der Waals surface area contributed by atoms with Crippen LogP contribution in [0.5, 0.6) is 0 Å². The molecule has 0 aliphatic rings. The van der Waals surface area contributed by atoms with Crippen LogP contribution in [0.3, 0.4) is 0 Å². The van der Waals surface area contributed by atoms with E-state index in [-0.39, 0.29) is 18.5 Å². The van der Waals surface area contributed by atoms with Gasteiger partial charge in [0.05, 0.1) is 6.04 Å². The molecule has 24 heavy (non-hydrogen) atoms. The highest BCUT2D eigenvalue weighted by atomic mass is 16.2. The van der Waals surface area contributed by atoms with Gasteiger partial charge in [0.25, 0.3) is 0 Å². The van der Waals surface area contributed by atoms with E-state index in [2.05, 4.69) is 25.4 Å². The number of hydrogen-bond donors (Lipinski definition) is 1. The van der Waals surface area contributed by atoms with Crippen LogP contribution < -0.4 is 5.32 Å². The van der Waals surface area contributed by atoms with Crippen LogP contribution in [0.1, 0.15) is 24.2 Å². The average molecular weight is 322 g/mol. The molecule has 7 nitrogen and oxygen atoms in total. The van der Waals surface area contributed by atoms with Crippen molar-refractivity contribution in [2.45, 2.75) is 26.4 Å². The smallest absolute Gasteiger partial charge is 0.242 e. The van der Waals surface area contributed by atoms with E-state index >= 15 is 0 Å². The monoisotopic (exact) mass is 322 g/mol. The van der Waals surface area contributed by atoms with Gasteiger partial charge in [-0.05, 0) is 32.0 Å².